The van der Waals surface area contributed by atoms with E-state index in [-0.39, 0.29) is 12.1 Å². The highest BCUT2D eigenvalue weighted by Crippen LogP contribution is 2.28. The van der Waals surface area contributed by atoms with Crippen LogP contribution in [-0.2, 0) is 19.6 Å². The maximum atomic E-state index is 14.8. The third-order valence-corrected chi connectivity index (χ3v) is 4.99. The zero-order chi connectivity index (χ0) is 18.4. The van der Waals surface area contributed by atoms with Gasteiger partial charge in [-0.25, -0.2) is 13.8 Å². The zero-order valence-corrected chi connectivity index (χ0v) is 14.4. The summed E-state index contributed by atoms with van der Waals surface area (Å²) in [4.78, 5) is 10.6. The highest BCUT2D eigenvalue weighted by Gasteiger charge is 2.23. The summed E-state index contributed by atoms with van der Waals surface area (Å²) in [6, 6.07) is 12.2. The molecule has 3 aromatic heterocycles. The highest BCUT2D eigenvalue weighted by molar-refractivity contribution is 5.64. The van der Waals surface area contributed by atoms with Crippen molar-refractivity contribution in [2.24, 2.45) is 0 Å². The first-order chi connectivity index (χ1) is 13.2. The van der Waals surface area contributed by atoms with Crippen molar-refractivity contribution in [1.82, 2.24) is 19.3 Å². The van der Waals surface area contributed by atoms with Crippen molar-refractivity contribution in [1.29, 1.82) is 0 Å². The van der Waals surface area contributed by atoms with Crippen LogP contribution < -0.4 is 0 Å². The van der Waals surface area contributed by atoms with E-state index in [1.54, 1.807) is 12.4 Å². The summed E-state index contributed by atoms with van der Waals surface area (Å²) < 4.78 is 31.4. The quantitative estimate of drug-likeness (QED) is 0.548. The van der Waals surface area contributed by atoms with Crippen LogP contribution in [-0.4, -0.2) is 19.3 Å². The van der Waals surface area contributed by atoms with Crippen molar-refractivity contribution in [3.05, 3.63) is 89.5 Å². The molecule has 0 unspecified atom stereocenters. The number of nitrogens with zero attached hydrogens (tertiary/aromatic N) is 4. The molecule has 5 rings (SSSR count). The lowest BCUT2D eigenvalue weighted by atomic mass is 10.1. The molecule has 4 nitrogen and oxygen atoms in total. The summed E-state index contributed by atoms with van der Waals surface area (Å²) in [7, 11) is 0. The van der Waals surface area contributed by atoms with Crippen molar-refractivity contribution >= 4 is 5.65 Å². The van der Waals surface area contributed by atoms with Gasteiger partial charge in [0.15, 0.2) is 0 Å². The van der Waals surface area contributed by atoms with Gasteiger partial charge >= 0.3 is 0 Å². The Morgan fingerprint density at radius 1 is 0.963 bits per heavy atom. The number of halogens is 2. The Bertz CT molecular complexity index is 1100. The maximum Gasteiger partial charge on any atom is 0.137 e. The maximum absolute atomic E-state index is 14.8. The van der Waals surface area contributed by atoms with Crippen LogP contribution in [0.3, 0.4) is 0 Å². The molecular formula is C21H16F2N4. The minimum atomic E-state index is -0.542. The van der Waals surface area contributed by atoms with Gasteiger partial charge in [-0.1, -0.05) is 12.1 Å². The fourth-order valence-corrected chi connectivity index (χ4v) is 3.65. The minimum absolute atomic E-state index is 0.0837. The Kier molecular flexibility index (Phi) is 3.72. The summed E-state index contributed by atoms with van der Waals surface area (Å²) in [5.74, 6) is -1.08. The van der Waals surface area contributed by atoms with Gasteiger partial charge in [0, 0.05) is 43.2 Å². The first-order valence-electron chi connectivity index (χ1n) is 8.74. The normalized spacial score (nSPS) is 14.0. The molecule has 0 aliphatic carbocycles. The molecule has 27 heavy (non-hydrogen) atoms. The Morgan fingerprint density at radius 3 is 2.63 bits per heavy atom. The van der Waals surface area contributed by atoms with Gasteiger partial charge in [-0.15, -0.1) is 0 Å². The lowest BCUT2D eigenvalue weighted by Gasteiger charge is -2.16. The molecule has 6 heteroatoms. The summed E-state index contributed by atoms with van der Waals surface area (Å²) in [5.41, 5.74) is 4.04. The van der Waals surface area contributed by atoms with Crippen molar-refractivity contribution in [3.8, 4) is 11.3 Å². The van der Waals surface area contributed by atoms with Gasteiger partial charge in [0.05, 0.1) is 17.6 Å². The third-order valence-electron chi connectivity index (χ3n) is 4.99. The molecule has 0 radical (unpaired) electrons. The van der Waals surface area contributed by atoms with E-state index in [1.807, 2.05) is 45.8 Å². The Labute approximate surface area is 154 Å². The van der Waals surface area contributed by atoms with E-state index in [2.05, 4.69) is 9.97 Å². The van der Waals surface area contributed by atoms with Gasteiger partial charge in [0.25, 0.3) is 0 Å². The summed E-state index contributed by atoms with van der Waals surface area (Å²) in [6.07, 6.45) is 5.20. The molecule has 134 valence electrons. The van der Waals surface area contributed by atoms with E-state index in [0.29, 0.717) is 24.3 Å². The number of fused-ring (bicyclic) bond motifs is 2. The van der Waals surface area contributed by atoms with Gasteiger partial charge in [-0.05, 0) is 35.9 Å². The first-order valence-corrected chi connectivity index (χ1v) is 8.74. The number of hydrogen-bond acceptors (Lipinski definition) is 3. The largest absolute Gasteiger partial charge is 0.300 e. The topological polar surface area (TPSA) is 33.4 Å². The molecule has 0 saturated carbocycles. The number of aromatic nitrogens is 3. The van der Waals surface area contributed by atoms with Crippen molar-refractivity contribution in [2.75, 3.05) is 0 Å². The lowest BCUT2D eigenvalue weighted by Crippen LogP contribution is -2.18. The fourth-order valence-electron chi connectivity index (χ4n) is 3.65. The fraction of sp³-hybridized carbons (Fsp3) is 0.143. The van der Waals surface area contributed by atoms with E-state index < -0.39 is 11.6 Å². The van der Waals surface area contributed by atoms with Gasteiger partial charge in [0.1, 0.15) is 17.3 Å². The molecular weight excluding hydrogens is 346 g/mol. The van der Waals surface area contributed by atoms with Crippen LogP contribution in [0.2, 0.25) is 0 Å². The number of pyridine rings is 2. The predicted molar refractivity (Wildman–Crippen MR) is 97.7 cm³/mol. The highest BCUT2D eigenvalue weighted by atomic mass is 19.1. The van der Waals surface area contributed by atoms with Gasteiger partial charge < -0.3 is 0 Å². The summed E-state index contributed by atoms with van der Waals surface area (Å²) in [6.45, 7) is 1.46. The molecule has 0 atom stereocenters. The second kappa shape index (κ2) is 6.25. The second-order valence-corrected chi connectivity index (χ2v) is 6.75. The number of hydrogen-bond donors (Lipinski definition) is 0. The monoisotopic (exact) mass is 362 g/mol. The molecule has 0 bridgehead atoms. The second-order valence-electron chi connectivity index (χ2n) is 6.75. The van der Waals surface area contributed by atoms with Crippen LogP contribution in [0.4, 0.5) is 8.78 Å². The molecule has 0 saturated heterocycles. The molecule has 0 N–H and O–H groups in total. The average Bonchev–Trinajstić information content (AvgIpc) is 3.28. The first kappa shape index (κ1) is 16.1. The number of benzene rings is 1. The van der Waals surface area contributed by atoms with E-state index in [9.17, 15) is 8.78 Å². The van der Waals surface area contributed by atoms with Gasteiger partial charge in [0.2, 0.25) is 0 Å². The van der Waals surface area contributed by atoms with Crippen LogP contribution in [0.5, 0.6) is 0 Å². The molecule has 0 fully saturated rings. The van der Waals surface area contributed by atoms with Crippen molar-refractivity contribution < 1.29 is 8.78 Å². The Balaban J connectivity index is 1.46. The molecule has 1 aromatic carbocycles. The van der Waals surface area contributed by atoms with Gasteiger partial charge in [-0.2, -0.15) is 0 Å². The van der Waals surface area contributed by atoms with Crippen LogP contribution in [0.15, 0.2) is 61.1 Å². The van der Waals surface area contributed by atoms with Crippen LogP contribution in [0.1, 0.15) is 16.8 Å². The van der Waals surface area contributed by atoms with Gasteiger partial charge in [-0.3, -0.25) is 14.3 Å². The SMILES string of the molecule is Fc1cc(-c2cnc3ccccn23)cc(F)c1CN1Cc2cccnc2C1. The molecule has 0 spiro atoms. The van der Waals surface area contributed by atoms with Crippen molar-refractivity contribution in [2.45, 2.75) is 19.6 Å². The Morgan fingerprint density at radius 2 is 1.81 bits per heavy atom. The summed E-state index contributed by atoms with van der Waals surface area (Å²) in [5, 5.41) is 0. The van der Waals surface area contributed by atoms with Crippen LogP contribution in [0, 0.1) is 11.6 Å². The third kappa shape index (κ3) is 2.78. The predicted octanol–water partition coefficient (Wildman–Crippen LogP) is 4.19. The smallest absolute Gasteiger partial charge is 0.137 e. The zero-order valence-electron chi connectivity index (χ0n) is 14.4. The summed E-state index contributed by atoms with van der Waals surface area (Å²) >= 11 is 0. The van der Waals surface area contributed by atoms with Crippen molar-refractivity contribution in [3.63, 3.8) is 0 Å². The lowest BCUT2D eigenvalue weighted by molar-refractivity contribution is 0.265. The van der Waals surface area contributed by atoms with E-state index in [4.69, 9.17) is 0 Å². The standard InChI is InChI=1S/C21H16F2N4/c22-17-8-15(20-10-25-21-5-1-2-7-27(20)21)9-18(23)16(17)12-26-11-14-4-3-6-24-19(14)13-26/h1-10H,11-13H2. The van der Waals surface area contributed by atoms with E-state index in [0.717, 1.165) is 16.9 Å². The number of rotatable bonds is 3. The molecule has 1 aliphatic rings. The Hall–Kier alpha value is -3.12. The van der Waals surface area contributed by atoms with E-state index >= 15 is 0 Å². The van der Waals surface area contributed by atoms with Crippen LogP contribution >= 0.6 is 0 Å². The molecule has 0 amide bonds. The average molecular weight is 362 g/mol. The van der Waals surface area contributed by atoms with Crippen LogP contribution in [0.25, 0.3) is 16.9 Å². The molecule has 1 aliphatic heterocycles. The van der Waals surface area contributed by atoms with E-state index in [1.165, 1.54) is 12.1 Å². The molecule has 4 aromatic rings. The number of imidazole rings is 1. The minimum Gasteiger partial charge on any atom is -0.300 e. The molecule has 4 heterocycles.